The van der Waals surface area contributed by atoms with Gasteiger partial charge in [0.15, 0.2) is 0 Å². The molecule has 0 spiro atoms. The number of ether oxygens (including phenoxy) is 1. The molecular weight excluding hydrogens is 324 g/mol. The van der Waals surface area contributed by atoms with Gasteiger partial charge in [0.25, 0.3) is 0 Å². The molecule has 3 aromatic rings. The monoisotopic (exact) mass is 348 g/mol. The summed E-state index contributed by atoms with van der Waals surface area (Å²) in [5.74, 6) is 0.908. The van der Waals surface area contributed by atoms with Crippen molar-refractivity contribution in [2.45, 2.75) is 6.54 Å². The number of anilines is 1. The first-order valence-corrected chi connectivity index (χ1v) is 9.02. The van der Waals surface area contributed by atoms with Crippen molar-refractivity contribution in [1.29, 1.82) is 0 Å². The minimum Gasteiger partial charge on any atom is -0.497 e. The van der Waals surface area contributed by atoms with Gasteiger partial charge in [0, 0.05) is 50.8 Å². The van der Waals surface area contributed by atoms with E-state index in [9.17, 15) is 0 Å². The third kappa shape index (κ3) is 3.73. The molecule has 1 fully saturated rings. The zero-order chi connectivity index (χ0) is 17.8. The summed E-state index contributed by atoms with van der Waals surface area (Å²) >= 11 is 0. The molecule has 5 heteroatoms. The largest absolute Gasteiger partial charge is 0.497 e. The Bertz CT molecular complexity index is 804. The smallest absolute Gasteiger partial charge is 0.119 e. The molecule has 2 heterocycles. The molecule has 26 heavy (non-hydrogen) atoms. The van der Waals surface area contributed by atoms with Crippen LogP contribution in [0, 0.1) is 0 Å². The topological polar surface area (TPSA) is 33.5 Å². The van der Waals surface area contributed by atoms with Crippen LogP contribution in [0.3, 0.4) is 0 Å². The van der Waals surface area contributed by atoms with E-state index in [1.807, 2.05) is 29.1 Å². The van der Waals surface area contributed by atoms with Crippen molar-refractivity contribution in [3.63, 3.8) is 0 Å². The van der Waals surface area contributed by atoms with Crippen LogP contribution in [0.15, 0.2) is 67.0 Å². The van der Waals surface area contributed by atoms with E-state index in [4.69, 9.17) is 4.74 Å². The second-order valence-electron chi connectivity index (χ2n) is 6.58. The first-order valence-electron chi connectivity index (χ1n) is 9.02. The van der Waals surface area contributed by atoms with Gasteiger partial charge in [0.05, 0.1) is 12.8 Å². The number of aromatic nitrogens is 2. The third-order valence-electron chi connectivity index (χ3n) is 4.92. The molecular formula is C21H24N4O. The van der Waals surface area contributed by atoms with Gasteiger partial charge in [-0.15, -0.1) is 0 Å². The Morgan fingerprint density at radius 3 is 2.19 bits per heavy atom. The highest BCUT2D eigenvalue weighted by Crippen LogP contribution is 2.21. The number of benzene rings is 2. The number of nitrogens with zero attached hydrogens (tertiary/aromatic N) is 4. The lowest BCUT2D eigenvalue weighted by Gasteiger charge is -2.36. The number of methoxy groups -OCH3 is 1. The molecule has 0 N–H and O–H groups in total. The molecule has 0 radical (unpaired) electrons. The minimum absolute atomic E-state index is 0.908. The predicted molar refractivity (Wildman–Crippen MR) is 104 cm³/mol. The highest BCUT2D eigenvalue weighted by Gasteiger charge is 2.17. The highest BCUT2D eigenvalue weighted by molar-refractivity contribution is 5.49. The van der Waals surface area contributed by atoms with E-state index in [-0.39, 0.29) is 0 Å². The van der Waals surface area contributed by atoms with Gasteiger partial charge in [0.1, 0.15) is 5.75 Å². The van der Waals surface area contributed by atoms with Gasteiger partial charge >= 0.3 is 0 Å². The Hall–Kier alpha value is -2.79. The van der Waals surface area contributed by atoms with E-state index in [1.165, 1.54) is 11.3 Å². The van der Waals surface area contributed by atoms with E-state index < -0.39 is 0 Å². The molecule has 134 valence electrons. The summed E-state index contributed by atoms with van der Waals surface area (Å²) in [6, 6.07) is 19.0. The molecule has 2 aromatic carbocycles. The molecule has 1 saturated heterocycles. The lowest BCUT2D eigenvalue weighted by Crippen LogP contribution is -2.45. The van der Waals surface area contributed by atoms with Crippen LogP contribution < -0.4 is 9.64 Å². The first-order chi connectivity index (χ1) is 12.8. The van der Waals surface area contributed by atoms with Crippen LogP contribution in [0.1, 0.15) is 5.56 Å². The van der Waals surface area contributed by atoms with Crippen molar-refractivity contribution >= 4 is 5.69 Å². The summed E-state index contributed by atoms with van der Waals surface area (Å²) in [6.45, 7) is 5.26. The van der Waals surface area contributed by atoms with Gasteiger partial charge in [0.2, 0.25) is 0 Å². The fourth-order valence-electron chi connectivity index (χ4n) is 3.39. The van der Waals surface area contributed by atoms with Crippen molar-refractivity contribution < 1.29 is 4.74 Å². The van der Waals surface area contributed by atoms with Gasteiger partial charge in [-0.2, -0.15) is 5.10 Å². The van der Waals surface area contributed by atoms with E-state index >= 15 is 0 Å². The zero-order valence-electron chi connectivity index (χ0n) is 15.1. The Balaban J connectivity index is 1.32. The maximum atomic E-state index is 5.24. The molecule has 0 unspecified atom stereocenters. The molecule has 1 aliphatic heterocycles. The van der Waals surface area contributed by atoms with Gasteiger partial charge in [-0.1, -0.05) is 12.1 Å². The molecule has 0 aliphatic carbocycles. The molecule has 0 amide bonds. The minimum atomic E-state index is 0.908. The SMILES string of the molecule is COc1ccc(N2CCN(Cc3ccc(-n4cccn4)cc3)CC2)cc1. The normalized spacial score (nSPS) is 15.2. The third-order valence-corrected chi connectivity index (χ3v) is 4.92. The van der Waals surface area contributed by atoms with Gasteiger partial charge in [-0.05, 0) is 48.0 Å². The van der Waals surface area contributed by atoms with Crippen molar-refractivity contribution in [3.8, 4) is 11.4 Å². The molecule has 0 saturated carbocycles. The Kier molecular flexibility index (Phi) is 4.88. The van der Waals surface area contributed by atoms with Crippen LogP contribution >= 0.6 is 0 Å². The van der Waals surface area contributed by atoms with Crippen LogP contribution in [0.2, 0.25) is 0 Å². The van der Waals surface area contributed by atoms with Crippen molar-refractivity contribution in [2.75, 3.05) is 38.2 Å². The summed E-state index contributed by atoms with van der Waals surface area (Å²) in [7, 11) is 1.70. The number of hydrogen-bond donors (Lipinski definition) is 0. The molecule has 5 nitrogen and oxygen atoms in total. The second-order valence-corrected chi connectivity index (χ2v) is 6.58. The maximum Gasteiger partial charge on any atom is 0.119 e. The van der Waals surface area contributed by atoms with Gasteiger partial charge in [-0.25, -0.2) is 4.68 Å². The summed E-state index contributed by atoms with van der Waals surface area (Å²) in [6.07, 6.45) is 3.77. The number of piperazine rings is 1. The molecule has 1 aromatic heterocycles. The second kappa shape index (κ2) is 7.62. The van der Waals surface area contributed by atoms with E-state index in [1.54, 1.807) is 13.3 Å². The van der Waals surface area contributed by atoms with E-state index in [0.717, 1.165) is 44.2 Å². The molecule has 0 atom stereocenters. The lowest BCUT2D eigenvalue weighted by molar-refractivity contribution is 0.250. The van der Waals surface area contributed by atoms with Crippen molar-refractivity contribution in [1.82, 2.24) is 14.7 Å². The highest BCUT2D eigenvalue weighted by atomic mass is 16.5. The quantitative estimate of drug-likeness (QED) is 0.709. The average molecular weight is 348 g/mol. The number of rotatable bonds is 5. The summed E-state index contributed by atoms with van der Waals surface area (Å²) < 4.78 is 7.13. The van der Waals surface area contributed by atoms with Crippen LogP contribution in [0.5, 0.6) is 5.75 Å². The van der Waals surface area contributed by atoms with Gasteiger partial charge in [-0.3, -0.25) is 4.90 Å². The Labute approximate surface area is 154 Å². The fourth-order valence-corrected chi connectivity index (χ4v) is 3.39. The molecule has 0 bridgehead atoms. The van der Waals surface area contributed by atoms with Crippen molar-refractivity contribution in [3.05, 3.63) is 72.6 Å². The van der Waals surface area contributed by atoms with Crippen LogP contribution in [-0.4, -0.2) is 48.0 Å². The van der Waals surface area contributed by atoms with E-state index in [0.29, 0.717) is 0 Å². The lowest BCUT2D eigenvalue weighted by atomic mass is 10.1. The number of hydrogen-bond acceptors (Lipinski definition) is 4. The predicted octanol–water partition coefficient (Wildman–Crippen LogP) is 3.20. The Morgan fingerprint density at radius 1 is 0.885 bits per heavy atom. The van der Waals surface area contributed by atoms with Crippen molar-refractivity contribution in [2.24, 2.45) is 0 Å². The maximum absolute atomic E-state index is 5.24. The van der Waals surface area contributed by atoms with Gasteiger partial charge < -0.3 is 9.64 Å². The van der Waals surface area contributed by atoms with E-state index in [2.05, 4.69) is 51.3 Å². The zero-order valence-corrected chi connectivity index (χ0v) is 15.1. The van der Waals surface area contributed by atoms with Crippen LogP contribution in [-0.2, 0) is 6.54 Å². The van der Waals surface area contributed by atoms with Crippen LogP contribution in [0.25, 0.3) is 5.69 Å². The fraction of sp³-hybridized carbons (Fsp3) is 0.286. The average Bonchev–Trinajstić information content (AvgIpc) is 3.24. The standard InChI is InChI=1S/C21H24N4O/c1-26-21-9-7-19(8-10-21)24-15-13-23(14-16-24)17-18-3-5-20(6-4-18)25-12-2-11-22-25/h2-12H,13-17H2,1H3. The Morgan fingerprint density at radius 2 is 1.58 bits per heavy atom. The van der Waals surface area contributed by atoms with Crippen LogP contribution in [0.4, 0.5) is 5.69 Å². The summed E-state index contributed by atoms with van der Waals surface area (Å²) in [5.41, 5.74) is 3.72. The summed E-state index contributed by atoms with van der Waals surface area (Å²) in [4.78, 5) is 4.96. The molecule has 4 rings (SSSR count). The first kappa shape index (κ1) is 16.7. The summed E-state index contributed by atoms with van der Waals surface area (Å²) in [5, 5.41) is 4.27. The molecule has 1 aliphatic rings.